The fourth-order valence-electron chi connectivity index (χ4n) is 2.28. The van der Waals surface area contributed by atoms with Crippen LogP contribution < -0.4 is 5.32 Å². The molecule has 0 amide bonds. The van der Waals surface area contributed by atoms with Crippen LogP contribution in [0.3, 0.4) is 0 Å². The van der Waals surface area contributed by atoms with Gasteiger partial charge in [0, 0.05) is 19.2 Å². The van der Waals surface area contributed by atoms with Crippen molar-refractivity contribution in [1.29, 1.82) is 0 Å². The van der Waals surface area contributed by atoms with Crippen LogP contribution in [0.25, 0.3) is 0 Å². The van der Waals surface area contributed by atoms with E-state index in [0.29, 0.717) is 16.8 Å². The number of ether oxygens (including phenoxy) is 2. The van der Waals surface area contributed by atoms with E-state index in [1.165, 1.54) is 24.9 Å². The Morgan fingerprint density at radius 3 is 3.21 bits per heavy atom. The van der Waals surface area contributed by atoms with Crippen LogP contribution in [0.5, 0.6) is 0 Å². The Morgan fingerprint density at radius 1 is 1.68 bits per heavy atom. The first-order chi connectivity index (χ1) is 9.20. The molecular formula is C14H21NO3S. The van der Waals surface area contributed by atoms with Crippen LogP contribution in [0.2, 0.25) is 0 Å². The lowest BCUT2D eigenvalue weighted by molar-refractivity contribution is 0.0417. The van der Waals surface area contributed by atoms with E-state index in [4.69, 9.17) is 9.47 Å². The smallest absolute Gasteiger partial charge is 0.348 e. The predicted molar refractivity (Wildman–Crippen MR) is 75.5 cm³/mol. The van der Waals surface area contributed by atoms with Gasteiger partial charge in [0.2, 0.25) is 0 Å². The Balaban J connectivity index is 1.81. The van der Waals surface area contributed by atoms with Crippen molar-refractivity contribution in [3.05, 3.63) is 21.9 Å². The Morgan fingerprint density at radius 2 is 2.53 bits per heavy atom. The number of esters is 1. The minimum atomic E-state index is -0.259. The summed E-state index contributed by atoms with van der Waals surface area (Å²) < 4.78 is 10.2. The number of thiophene rings is 1. The molecule has 0 bridgehead atoms. The fraction of sp³-hybridized carbons (Fsp3) is 0.643. The molecule has 1 aromatic rings. The molecule has 0 aromatic carbocycles. The summed E-state index contributed by atoms with van der Waals surface area (Å²) in [6.07, 6.45) is 2.38. The highest BCUT2D eigenvalue weighted by atomic mass is 32.1. The average Bonchev–Trinajstić information content (AvgIpc) is 2.93. The molecule has 0 saturated carbocycles. The van der Waals surface area contributed by atoms with Crippen LogP contribution in [-0.4, -0.2) is 32.3 Å². The van der Waals surface area contributed by atoms with Crippen LogP contribution >= 0.6 is 11.3 Å². The Kier molecular flexibility index (Phi) is 5.36. The standard InChI is InChI=1S/C14H21NO3S/c1-10(12-4-3-5-18-8-12)15-7-11-6-13(19-9-11)14(16)17-2/h6,9-10,12,15H,3-5,7-8H2,1-2H3/t10-,12-/m1/s1. The van der Waals surface area contributed by atoms with Gasteiger partial charge in [0.05, 0.1) is 13.7 Å². The van der Waals surface area contributed by atoms with Crippen LogP contribution in [0.4, 0.5) is 0 Å². The van der Waals surface area contributed by atoms with E-state index in [2.05, 4.69) is 12.2 Å². The zero-order valence-corrected chi connectivity index (χ0v) is 12.3. The molecular weight excluding hydrogens is 262 g/mol. The van der Waals surface area contributed by atoms with E-state index in [0.717, 1.165) is 31.7 Å². The fourth-order valence-corrected chi connectivity index (χ4v) is 3.11. The van der Waals surface area contributed by atoms with Gasteiger partial charge in [-0.15, -0.1) is 11.3 Å². The van der Waals surface area contributed by atoms with Crippen molar-refractivity contribution in [3.63, 3.8) is 0 Å². The Bertz CT molecular complexity index is 413. The molecule has 1 aliphatic rings. The van der Waals surface area contributed by atoms with Crippen molar-refractivity contribution in [2.75, 3.05) is 20.3 Å². The molecule has 1 saturated heterocycles. The van der Waals surface area contributed by atoms with Gasteiger partial charge in [0.15, 0.2) is 0 Å². The normalized spacial score (nSPS) is 21.1. The first-order valence-corrected chi connectivity index (χ1v) is 7.55. The molecule has 0 unspecified atom stereocenters. The molecule has 19 heavy (non-hydrogen) atoms. The van der Waals surface area contributed by atoms with Crippen molar-refractivity contribution in [3.8, 4) is 0 Å². The number of hydrogen-bond donors (Lipinski definition) is 1. The molecule has 5 heteroatoms. The summed E-state index contributed by atoms with van der Waals surface area (Å²) in [6, 6.07) is 2.33. The molecule has 1 aliphatic heterocycles. The van der Waals surface area contributed by atoms with Gasteiger partial charge >= 0.3 is 5.97 Å². The summed E-state index contributed by atoms with van der Waals surface area (Å²) in [5.41, 5.74) is 1.13. The summed E-state index contributed by atoms with van der Waals surface area (Å²) in [7, 11) is 1.41. The molecule has 2 rings (SSSR count). The van der Waals surface area contributed by atoms with E-state index < -0.39 is 0 Å². The SMILES string of the molecule is COC(=O)c1cc(CN[C@H](C)[C@@H]2CCCOC2)cs1. The molecule has 1 fully saturated rings. The quantitative estimate of drug-likeness (QED) is 0.843. The van der Waals surface area contributed by atoms with Gasteiger partial charge in [-0.05, 0) is 42.7 Å². The monoisotopic (exact) mass is 283 g/mol. The molecule has 0 radical (unpaired) electrons. The highest BCUT2D eigenvalue weighted by Crippen LogP contribution is 2.19. The lowest BCUT2D eigenvalue weighted by atomic mass is 9.95. The predicted octanol–water partition coefficient (Wildman–Crippen LogP) is 2.44. The van der Waals surface area contributed by atoms with Crippen molar-refractivity contribution in [2.45, 2.75) is 32.4 Å². The number of carbonyl (C=O) groups excluding carboxylic acids is 1. The second-order valence-corrected chi connectivity index (χ2v) is 5.87. The van der Waals surface area contributed by atoms with E-state index in [1.54, 1.807) is 0 Å². The van der Waals surface area contributed by atoms with Gasteiger partial charge in [0.1, 0.15) is 4.88 Å². The third kappa shape index (κ3) is 4.03. The maximum atomic E-state index is 11.4. The number of nitrogens with one attached hydrogen (secondary N) is 1. The lowest BCUT2D eigenvalue weighted by Crippen LogP contribution is -2.37. The summed E-state index contributed by atoms with van der Waals surface area (Å²) in [6.45, 7) is 4.74. The second kappa shape index (κ2) is 7.03. The maximum absolute atomic E-state index is 11.4. The van der Waals surface area contributed by atoms with E-state index >= 15 is 0 Å². The largest absolute Gasteiger partial charge is 0.465 e. The second-order valence-electron chi connectivity index (χ2n) is 4.96. The molecule has 0 spiro atoms. The highest BCUT2D eigenvalue weighted by Gasteiger charge is 2.20. The summed E-state index contributed by atoms with van der Waals surface area (Å²) in [5, 5.41) is 5.52. The van der Waals surface area contributed by atoms with Gasteiger partial charge in [-0.3, -0.25) is 0 Å². The minimum absolute atomic E-state index is 0.259. The lowest BCUT2D eigenvalue weighted by Gasteiger charge is -2.28. The van der Waals surface area contributed by atoms with Crippen LogP contribution in [0, 0.1) is 5.92 Å². The average molecular weight is 283 g/mol. The third-order valence-electron chi connectivity index (χ3n) is 3.57. The van der Waals surface area contributed by atoms with Crippen LogP contribution in [0.15, 0.2) is 11.4 Å². The Labute approximate surface area is 118 Å². The van der Waals surface area contributed by atoms with Crippen LogP contribution in [0.1, 0.15) is 35.0 Å². The van der Waals surface area contributed by atoms with Crippen LogP contribution in [-0.2, 0) is 16.0 Å². The van der Waals surface area contributed by atoms with Crippen molar-refractivity contribution < 1.29 is 14.3 Å². The molecule has 1 N–H and O–H groups in total. The number of carbonyl (C=O) groups is 1. The highest BCUT2D eigenvalue weighted by molar-refractivity contribution is 7.12. The summed E-state index contributed by atoms with van der Waals surface area (Å²) in [5.74, 6) is 0.331. The van der Waals surface area contributed by atoms with Crippen molar-refractivity contribution >= 4 is 17.3 Å². The number of hydrogen-bond acceptors (Lipinski definition) is 5. The van der Waals surface area contributed by atoms with E-state index in [9.17, 15) is 4.79 Å². The zero-order chi connectivity index (χ0) is 13.7. The van der Waals surface area contributed by atoms with Gasteiger partial charge < -0.3 is 14.8 Å². The Hall–Kier alpha value is -0.910. The van der Waals surface area contributed by atoms with Gasteiger partial charge in [0.25, 0.3) is 0 Å². The molecule has 2 heterocycles. The topological polar surface area (TPSA) is 47.6 Å². The molecule has 1 aromatic heterocycles. The number of methoxy groups -OCH3 is 1. The van der Waals surface area contributed by atoms with Crippen molar-refractivity contribution in [2.24, 2.45) is 5.92 Å². The summed E-state index contributed by atoms with van der Waals surface area (Å²) >= 11 is 1.43. The molecule has 106 valence electrons. The first kappa shape index (κ1) is 14.5. The third-order valence-corrected chi connectivity index (χ3v) is 4.53. The molecule has 0 aliphatic carbocycles. The zero-order valence-electron chi connectivity index (χ0n) is 11.5. The van der Waals surface area contributed by atoms with Gasteiger partial charge in [-0.2, -0.15) is 0 Å². The van der Waals surface area contributed by atoms with Gasteiger partial charge in [-0.1, -0.05) is 0 Å². The summed E-state index contributed by atoms with van der Waals surface area (Å²) in [4.78, 5) is 12.0. The van der Waals surface area contributed by atoms with Gasteiger partial charge in [-0.25, -0.2) is 4.79 Å². The number of rotatable bonds is 5. The molecule has 2 atom stereocenters. The van der Waals surface area contributed by atoms with Crippen molar-refractivity contribution in [1.82, 2.24) is 5.32 Å². The maximum Gasteiger partial charge on any atom is 0.348 e. The van der Waals surface area contributed by atoms with E-state index in [-0.39, 0.29) is 5.97 Å². The van der Waals surface area contributed by atoms with E-state index in [1.807, 2.05) is 11.4 Å². The minimum Gasteiger partial charge on any atom is -0.465 e. The first-order valence-electron chi connectivity index (χ1n) is 6.67. The molecule has 4 nitrogen and oxygen atoms in total.